The number of halogens is 2. The molecule has 0 saturated heterocycles. The quantitative estimate of drug-likeness (QED) is 0.867. The minimum Gasteiger partial charge on any atom is -0.495 e. The summed E-state index contributed by atoms with van der Waals surface area (Å²) in [5.41, 5.74) is 1.10. The zero-order chi connectivity index (χ0) is 13.0. The summed E-state index contributed by atoms with van der Waals surface area (Å²) in [5.74, 6) is 1.46. The zero-order valence-corrected chi connectivity index (χ0v) is 13.0. The van der Waals surface area contributed by atoms with E-state index in [1.807, 2.05) is 19.2 Å². The minimum atomic E-state index is 0.250. The lowest BCUT2D eigenvalue weighted by molar-refractivity contribution is 0.387. The third kappa shape index (κ3) is 3.87. The van der Waals surface area contributed by atoms with Crippen LogP contribution in [0.15, 0.2) is 16.6 Å². The van der Waals surface area contributed by atoms with Crippen molar-refractivity contribution in [1.29, 1.82) is 0 Å². The maximum absolute atomic E-state index is 6.10. The molecule has 96 valence electrons. The number of nitrogens with one attached hydrogen (secondary N) is 1. The van der Waals surface area contributed by atoms with Crippen molar-refractivity contribution in [3.63, 3.8) is 0 Å². The van der Waals surface area contributed by atoms with Crippen LogP contribution in [0.1, 0.15) is 31.9 Å². The molecule has 0 spiro atoms. The van der Waals surface area contributed by atoms with E-state index in [2.05, 4.69) is 35.1 Å². The Kier molecular flexibility index (Phi) is 5.77. The zero-order valence-electron chi connectivity index (χ0n) is 10.7. The molecule has 0 aliphatic carbocycles. The topological polar surface area (TPSA) is 21.3 Å². The van der Waals surface area contributed by atoms with Gasteiger partial charge in [0, 0.05) is 16.6 Å². The van der Waals surface area contributed by atoms with Gasteiger partial charge in [0.05, 0.1) is 11.6 Å². The number of hydrogen-bond donors (Lipinski definition) is 1. The van der Waals surface area contributed by atoms with Crippen molar-refractivity contribution in [2.75, 3.05) is 14.2 Å². The molecule has 17 heavy (non-hydrogen) atoms. The van der Waals surface area contributed by atoms with Crippen LogP contribution in [0.3, 0.4) is 0 Å². The largest absolute Gasteiger partial charge is 0.495 e. The average molecular weight is 321 g/mol. The molecule has 0 aromatic heterocycles. The van der Waals surface area contributed by atoms with Crippen LogP contribution in [0, 0.1) is 5.92 Å². The van der Waals surface area contributed by atoms with Crippen LogP contribution in [0.2, 0.25) is 5.02 Å². The maximum atomic E-state index is 6.10. The highest BCUT2D eigenvalue weighted by Crippen LogP contribution is 2.37. The molecule has 4 heteroatoms. The Morgan fingerprint density at radius 3 is 2.53 bits per heavy atom. The summed E-state index contributed by atoms with van der Waals surface area (Å²) in [6, 6.07) is 4.07. The van der Waals surface area contributed by atoms with E-state index < -0.39 is 0 Å². The van der Waals surface area contributed by atoms with Gasteiger partial charge in [0.2, 0.25) is 0 Å². The molecule has 0 aliphatic rings. The van der Waals surface area contributed by atoms with E-state index in [4.69, 9.17) is 16.3 Å². The summed E-state index contributed by atoms with van der Waals surface area (Å²) in [7, 11) is 3.64. The fourth-order valence-corrected chi connectivity index (χ4v) is 2.92. The molecule has 0 bridgehead atoms. The molecule has 1 N–H and O–H groups in total. The van der Waals surface area contributed by atoms with Crippen molar-refractivity contribution in [2.24, 2.45) is 5.92 Å². The van der Waals surface area contributed by atoms with E-state index in [1.165, 1.54) is 0 Å². The fourth-order valence-electron chi connectivity index (χ4n) is 1.93. The van der Waals surface area contributed by atoms with Crippen LogP contribution in [-0.2, 0) is 0 Å². The Hall–Kier alpha value is -0.250. The molecular weight excluding hydrogens is 302 g/mol. The smallest absolute Gasteiger partial charge is 0.137 e. The Balaban J connectivity index is 3.16. The second-order valence-corrected chi connectivity index (χ2v) is 5.77. The highest BCUT2D eigenvalue weighted by Gasteiger charge is 2.18. The number of rotatable bonds is 5. The molecular formula is C13H19BrClNO. The van der Waals surface area contributed by atoms with Gasteiger partial charge in [0.15, 0.2) is 0 Å². The van der Waals surface area contributed by atoms with Gasteiger partial charge in [-0.3, -0.25) is 0 Å². The second-order valence-electron chi connectivity index (χ2n) is 4.48. The van der Waals surface area contributed by atoms with Gasteiger partial charge in [-0.15, -0.1) is 0 Å². The molecule has 1 aromatic carbocycles. The molecule has 0 aliphatic heterocycles. The Morgan fingerprint density at radius 1 is 1.41 bits per heavy atom. The van der Waals surface area contributed by atoms with Gasteiger partial charge in [-0.25, -0.2) is 0 Å². The van der Waals surface area contributed by atoms with Gasteiger partial charge in [-0.2, -0.15) is 0 Å². The molecule has 1 atom stereocenters. The third-order valence-electron chi connectivity index (χ3n) is 2.67. The van der Waals surface area contributed by atoms with Crippen LogP contribution in [0.25, 0.3) is 0 Å². The van der Waals surface area contributed by atoms with E-state index in [-0.39, 0.29) is 6.04 Å². The summed E-state index contributed by atoms with van der Waals surface area (Å²) in [4.78, 5) is 0. The summed E-state index contributed by atoms with van der Waals surface area (Å²) < 4.78 is 6.34. The first-order chi connectivity index (χ1) is 7.99. The van der Waals surface area contributed by atoms with Crippen LogP contribution >= 0.6 is 27.5 Å². The molecule has 0 heterocycles. The van der Waals surface area contributed by atoms with E-state index in [0.717, 1.165) is 27.2 Å². The predicted octanol–water partition coefficient (Wildman–Crippen LogP) is 4.42. The fraction of sp³-hybridized carbons (Fsp3) is 0.538. The number of ether oxygens (including phenoxy) is 1. The number of methoxy groups -OCH3 is 1. The van der Waals surface area contributed by atoms with Crippen LogP contribution in [-0.4, -0.2) is 14.2 Å². The predicted molar refractivity (Wildman–Crippen MR) is 77.0 cm³/mol. The molecule has 2 nitrogen and oxygen atoms in total. The van der Waals surface area contributed by atoms with Gasteiger partial charge in [-0.1, -0.05) is 25.4 Å². The lowest BCUT2D eigenvalue weighted by Gasteiger charge is -2.22. The first kappa shape index (κ1) is 14.8. The van der Waals surface area contributed by atoms with E-state index >= 15 is 0 Å². The summed E-state index contributed by atoms with van der Waals surface area (Å²) in [6.45, 7) is 4.41. The first-order valence-corrected chi connectivity index (χ1v) is 6.86. The Morgan fingerprint density at radius 2 is 2.06 bits per heavy atom. The van der Waals surface area contributed by atoms with Crippen LogP contribution in [0.5, 0.6) is 5.75 Å². The lowest BCUT2D eigenvalue weighted by atomic mass is 9.96. The SMILES string of the molecule is CNC(CC(C)C)c1cc(Cl)cc(Br)c1OC. The summed E-state index contributed by atoms with van der Waals surface area (Å²) in [5, 5.41) is 4.04. The second kappa shape index (κ2) is 6.62. The Bertz CT molecular complexity index is 382. The highest BCUT2D eigenvalue weighted by molar-refractivity contribution is 9.10. The van der Waals surface area contributed by atoms with E-state index in [0.29, 0.717) is 5.92 Å². The van der Waals surface area contributed by atoms with Gasteiger partial charge >= 0.3 is 0 Å². The molecule has 1 aromatic rings. The molecule has 0 radical (unpaired) electrons. The Labute approximate surface area is 117 Å². The van der Waals surface area contributed by atoms with Gasteiger partial charge < -0.3 is 10.1 Å². The molecule has 0 fully saturated rings. The third-order valence-corrected chi connectivity index (χ3v) is 3.48. The first-order valence-electron chi connectivity index (χ1n) is 5.69. The molecule has 1 rings (SSSR count). The number of benzene rings is 1. The molecule has 1 unspecified atom stereocenters. The standard InChI is InChI=1S/C13H19BrClNO/c1-8(2)5-12(16-3)10-6-9(15)7-11(14)13(10)17-4/h6-8,12,16H,5H2,1-4H3. The van der Waals surface area contributed by atoms with Crippen LogP contribution < -0.4 is 10.1 Å². The van der Waals surface area contributed by atoms with Gasteiger partial charge in [0.1, 0.15) is 5.75 Å². The van der Waals surface area contributed by atoms with E-state index in [9.17, 15) is 0 Å². The highest BCUT2D eigenvalue weighted by atomic mass is 79.9. The van der Waals surface area contributed by atoms with Gasteiger partial charge in [0.25, 0.3) is 0 Å². The lowest BCUT2D eigenvalue weighted by Crippen LogP contribution is -2.19. The minimum absolute atomic E-state index is 0.250. The molecule has 0 saturated carbocycles. The summed E-state index contributed by atoms with van der Waals surface area (Å²) >= 11 is 9.59. The van der Waals surface area contributed by atoms with E-state index in [1.54, 1.807) is 7.11 Å². The summed E-state index contributed by atoms with van der Waals surface area (Å²) in [6.07, 6.45) is 1.04. The average Bonchev–Trinajstić information content (AvgIpc) is 2.24. The monoisotopic (exact) mass is 319 g/mol. The van der Waals surface area contributed by atoms with Crippen molar-refractivity contribution in [1.82, 2.24) is 5.32 Å². The van der Waals surface area contributed by atoms with Gasteiger partial charge in [-0.05, 0) is 47.4 Å². The van der Waals surface area contributed by atoms with Crippen molar-refractivity contribution < 1.29 is 4.74 Å². The maximum Gasteiger partial charge on any atom is 0.137 e. The van der Waals surface area contributed by atoms with Crippen molar-refractivity contribution >= 4 is 27.5 Å². The van der Waals surface area contributed by atoms with Crippen molar-refractivity contribution in [3.05, 3.63) is 27.2 Å². The normalized spacial score (nSPS) is 12.9. The van der Waals surface area contributed by atoms with Crippen molar-refractivity contribution in [3.8, 4) is 5.75 Å². The number of hydrogen-bond acceptors (Lipinski definition) is 2. The van der Waals surface area contributed by atoms with Crippen LogP contribution in [0.4, 0.5) is 0 Å². The molecule has 0 amide bonds. The van der Waals surface area contributed by atoms with Crippen molar-refractivity contribution in [2.45, 2.75) is 26.3 Å².